The molecule has 31 heavy (non-hydrogen) atoms. The summed E-state index contributed by atoms with van der Waals surface area (Å²) in [7, 11) is -3.89. The number of morpholine rings is 1. The van der Waals surface area contributed by atoms with Crippen molar-refractivity contribution in [1.29, 1.82) is 0 Å². The Hall–Kier alpha value is -2.60. The molecule has 3 rings (SSSR count). The summed E-state index contributed by atoms with van der Waals surface area (Å²) < 4.78 is 63.8. The Balaban J connectivity index is 1.70. The lowest BCUT2D eigenvalue weighted by atomic mass is 10.2. The molecule has 1 N–H and O–H groups in total. The predicted octanol–water partition coefficient (Wildman–Crippen LogP) is 2.43. The summed E-state index contributed by atoms with van der Waals surface area (Å²) in [6.07, 6.45) is 0. The van der Waals surface area contributed by atoms with Crippen LogP contribution >= 0.6 is 11.6 Å². The number of ether oxygens (including phenoxy) is 2. The maximum absolute atomic E-state index is 13.6. The summed E-state index contributed by atoms with van der Waals surface area (Å²) in [6.45, 7) is -0.0444. The first-order chi connectivity index (χ1) is 14.7. The molecule has 0 aromatic heterocycles. The predicted molar refractivity (Wildman–Crippen MR) is 106 cm³/mol. The van der Waals surface area contributed by atoms with Crippen molar-refractivity contribution >= 4 is 39.2 Å². The zero-order chi connectivity index (χ0) is 22.6. The molecule has 0 atom stereocenters. The second-order valence-electron chi connectivity index (χ2n) is 6.38. The summed E-state index contributed by atoms with van der Waals surface area (Å²) in [5.74, 6) is -4.06. The fourth-order valence-electron chi connectivity index (χ4n) is 2.76. The van der Waals surface area contributed by atoms with Gasteiger partial charge in [0.15, 0.2) is 6.61 Å². The van der Waals surface area contributed by atoms with Gasteiger partial charge in [0.2, 0.25) is 10.0 Å². The molecule has 1 aliphatic heterocycles. The molecule has 1 amide bonds. The number of anilines is 1. The fourth-order valence-corrected chi connectivity index (χ4v) is 4.39. The Morgan fingerprint density at radius 2 is 1.77 bits per heavy atom. The highest BCUT2D eigenvalue weighted by atomic mass is 35.5. The molecule has 0 unspecified atom stereocenters. The maximum Gasteiger partial charge on any atom is 0.340 e. The van der Waals surface area contributed by atoms with Gasteiger partial charge in [-0.15, -0.1) is 0 Å². The zero-order valence-electron chi connectivity index (χ0n) is 15.9. The number of hydrogen-bond acceptors (Lipinski definition) is 6. The molecule has 0 bridgehead atoms. The molecule has 1 saturated heterocycles. The number of amides is 1. The Morgan fingerprint density at radius 3 is 2.42 bits per heavy atom. The molecule has 0 radical (unpaired) electrons. The normalized spacial score (nSPS) is 14.8. The molecule has 1 heterocycles. The molecule has 0 saturated carbocycles. The topological polar surface area (TPSA) is 102 Å². The van der Waals surface area contributed by atoms with Crippen LogP contribution in [0.2, 0.25) is 5.02 Å². The Labute approximate surface area is 181 Å². The molecule has 1 fully saturated rings. The molecular weight excluding hydrogens is 458 g/mol. The van der Waals surface area contributed by atoms with E-state index < -0.39 is 45.8 Å². The minimum Gasteiger partial charge on any atom is -0.452 e. The van der Waals surface area contributed by atoms with E-state index in [1.165, 1.54) is 16.4 Å². The van der Waals surface area contributed by atoms with Gasteiger partial charge in [-0.3, -0.25) is 4.79 Å². The molecule has 2 aromatic carbocycles. The van der Waals surface area contributed by atoms with Gasteiger partial charge in [0.1, 0.15) is 17.3 Å². The molecule has 0 aliphatic carbocycles. The zero-order valence-corrected chi connectivity index (χ0v) is 17.5. The van der Waals surface area contributed by atoms with E-state index in [0.29, 0.717) is 0 Å². The molecule has 2 aromatic rings. The van der Waals surface area contributed by atoms with Gasteiger partial charge in [-0.25, -0.2) is 22.0 Å². The van der Waals surface area contributed by atoms with Gasteiger partial charge in [0.25, 0.3) is 5.91 Å². The Morgan fingerprint density at radius 1 is 1.13 bits per heavy atom. The summed E-state index contributed by atoms with van der Waals surface area (Å²) in [4.78, 5) is 24.1. The minimum absolute atomic E-state index is 0.0912. The lowest BCUT2D eigenvalue weighted by Crippen LogP contribution is -2.40. The van der Waals surface area contributed by atoms with Gasteiger partial charge in [-0.1, -0.05) is 17.7 Å². The van der Waals surface area contributed by atoms with Crippen LogP contribution in [0, 0.1) is 11.6 Å². The second-order valence-corrected chi connectivity index (χ2v) is 8.72. The number of hydrogen-bond donors (Lipinski definition) is 1. The average molecular weight is 475 g/mol. The highest BCUT2D eigenvalue weighted by Gasteiger charge is 2.28. The van der Waals surface area contributed by atoms with Gasteiger partial charge in [-0.2, -0.15) is 4.31 Å². The first-order valence-corrected chi connectivity index (χ1v) is 10.8. The van der Waals surface area contributed by atoms with Crippen LogP contribution in [0.5, 0.6) is 0 Å². The van der Waals surface area contributed by atoms with Crippen LogP contribution in [0.4, 0.5) is 14.5 Å². The van der Waals surface area contributed by atoms with Crippen molar-refractivity contribution in [2.45, 2.75) is 4.90 Å². The standard InChI is InChI=1S/C19H17ClF2N2O6S/c20-14-5-4-12(31(27,28)24-6-8-29-9-7-24)10-13(14)19(26)30-11-17(25)23-18-15(21)2-1-3-16(18)22/h1-5,10H,6-9,11H2,(H,23,25). The van der Waals surface area contributed by atoms with Crippen LogP contribution in [0.1, 0.15) is 10.4 Å². The average Bonchev–Trinajstić information content (AvgIpc) is 2.75. The largest absolute Gasteiger partial charge is 0.452 e. The van der Waals surface area contributed by atoms with E-state index in [2.05, 4.69) is 0 Å². The molecule has 12 heteroatoms. The van der Waals surface area contributed by atoms with Crippen LogP contribution in [0.3, 0.4) is 0 Å². The number of carbonyl (C=O) groups is 2. The number of benzene rings is 2. The summed E-state index contributed by atoms with van der Waals surface area (Å²) in [5.41, 5.74) is -0.957. The third-order valence-electron chi connectivity index (χ3n) is 4.33. The van der Waals surface area contributed by atoms with E-state index in [0.717, 1.165) is 24.3 Å². The monoisotopic (exact) mass is 474 g/mol. The number of rotatable bonds is 6. The van der Waals surface area contributed by atoms with E-state index in [1.54, 1.807) is 0 Å². The molecule has 0 spiro atoms. The Bertz CT molecular complexity index is 1090. The van der Waals surface area contributed by atoms with Crippen LogP contribution < -0.4 is 5.32 Å². The number of para-hydroxylation sites is 1. The Kier molecular flexibility index (Phi) is 7.21. The minimum atomic E-state index is -3.89. The summed E-state index contributed by atoms with van der Waals surface area (Å²) >= 11 is 5.98. The van der Waals surface area contributed by atoms with E-state index in [9.17, 15) is 26.8 Å². The third-order valence-corrected chi connectivity index (χ3v) is 6.55. The van der Waals surface area contributed by atoms with Gasteiger partial charge >= 0.3 is 5.97 Å². The van der Waals surface area contributed by atoms with Crippen molar-refractivity contribution in [3.05, 3.63) is 58.6 Å². The number of halogens is 3. The van der Waals surface area contributed by atoms with Crippen molar-refractivity contribution in [3.8, 4) is 0 Å². The van der Waals surface area contributed by atoms with Crippen molar-refractivity contribution < 1.29 is 36.3 Å². The SMILES string of the molecule is O=C(COC(=O)c1cc(S(=O)(=O)N2CCOCC2)ccc1Cl)Nc1c(F)cccc1F. The molecular formula is C19H17ClF2N2O6S. The third kappa shape index (κ3) is 5.37. The molecule has 8 nitrogen and oxygen atoms in total. The van der Waals surface area contributed by atoms with E-state index in [4.69, 9.17) is 21.1 Å². The number of esters is 1. The van der Waals surface area contributed by atoms with E-state index in [-0.39, 0.29) is 41.8 Å². The van der Waals surface area contributed by atoms with Crippen molar-refractivity contribution in [3.63, 3.8) is 0 Å². The number of sulfonamides is 1. The van der Waals surface area contributed by atoms with E-state index in [1.807, 2.05) is 5.32 Å². The van der Waals surface area contributed by atoms with Gasteiger partial charge < -0.3 is 14.8 Å². The quantitative estimate of drug-likeness (QED) is 0.645. The lowest BCUT2D eigenvalue weighted by Gasteiger charge is -2.26. The molecule has 166 valence electrons. The van der Waals surface area contributed by atoms with Crippen LogP contribution in [0.25, 0.3) is 0 Å². The smallest absolute Gasteiger partial charge is 0.340 e. The van der Waals surface area contributed by atoms with Crippen LogP contribution in [-0.4, -0.2) is 57.5 Å². The highest BCUT2D eigenvalue weighted by Crippen LogP contribution is 2.24. The van der Waals surface area contributed by atoms with Crippen LogP contribution in [0.15, 0.2) is 41.3 Å². The van der Waals surface area contributed by atoms with Crippen molar-refractivity contribution in [2.24, 2.45) is 0 Å². The summed E-state index contributed by atoms with van der Waals surface area (Å²) in [6, 6.07) is 6.54. The van der Waals surface area contributed by atoms with Gasteiger partial charge in [-0.05, 0) is 30.3 Å². The highest BCUT2D eigenvalue weighted by molar-refractivity contribution is 7.89. The first kappa shape index (κ1) is 23.1. The van der Waals surface area contributed by atoms with E-state index >= 15 is 0 Å². The lowest BCUT2D eigenvalue weighted by molar-refractivity contribution is -0.119. The van der Waals surface area contributed by atoms with Crippen molar-refractivity contribution in [1.82, 2.24) is 4.31 Å². The van der Waals surface area contributed by atoms with Gasteiger partial charge in [0, 0.05) is 13.1 Å². The van der Waals surface area contributed by atoms with Crippen LogP contribution in [-0.2, 0) is 24.3 Å². The maximum atomic E-state index is 13.6. The number of nitrogens with one attached hydrogen (secondary N) is 1. The second kappa shape index (κ2) is 9.69. The fraction of sp³-hybridized carbons (Fsp3) is 0.263. The first-order valence-electron chi connectivity index (χ1n) is 8.98. The number of nitrogens with zero attached hydrogens (tertiary/aromatic N) is 1. The summed E-state index contributed by atoms with van der Waals surface area (Å²) in [5, 5.41) is 1.87. The van der Waals surface area contributed by atoms with Gasteiger partial charge in [0.05, 0.1) is 28.7 Å². The molecule has 1 aliphatic rings. The number of carbonyl (C=O) groups excluding carboxylic acids is 2. The van der Waals surface area contributed by atoms with Crippen molar-refractivity contribution in [2.75, 3.05) is 38.2 Å².